The molecule has 0 fully saturated rings. The van der Waals surface area contributed by atoms with Gasteiger partial charge in [-0.1, -0.05) is 58.0 Å². The van der Waals surface area contributed by atoms with Crippen LogP contribution in [0.2, 0.25) is 5.02 Å². The molecule has 0 radical (unpaired) electrons. The van der Waals surface area contributed by atoms with Crippen LogP contribution in [0.4, 0.5) is 27.9 Å². The fourth-order valence-electron chi connectivity index (χ4n) is 2.56. The Morgan fingerprint density at radius 3 is 2.29 bits per heavy atom. The van der Waals surface area contributed by atoms with Crippen molar-refractivity contribution in [3.05, 3.63) is 83.9 Å². The van der Waals surface area contributed by atoms with Gasteiger partial charge in [0.05, 0.1) is 6.20 Å². The maximum absolute atomic E-state index is 12.3. The Labute approximate surface area is 206 Å². The van der Waals surface area contributed by atoms with Crippen LogP contribution in [-0.2, 0) is 0 Å². The van der Waals surface area contributed by atoms with Crippen molar-refractivity contribution in [2.75, 3.05) is 16.0 Å². The van der Waals surface area contributed by atoms with Gasteiger partial charge in [0.2, 0.25) is 0 Å². The summed E-state index contributed by atoms with van der Waals surface area (Å²) >= 11 is 5.86. The van der Waals surface area contributed by atoms with E-state index in [0.717, 1.165) is 11.3 Å². The lowest BCUT2D eigenvalue weighted by atomic mass is 10.2. The van der Waals surface area contributed by atoms with E-state index in [9.17, 15) is 4.79 Å². The molecular weight excluding hydrogens is 450 g/mol. The number of allylic oxidation sites excluding steroid dienone is 2. The normalized spacial score (nSPS) is 10.0. The molecule has 3 rings (SSSR count). The lowest BCUT2D eigenvalue weighted by molar-refractivity contribution is 0.262. The highest BCUT2D eigenvalue weighted by Gasteiger charge is 2.10. The average molecular weight is 482 g/mol. The zero-order chi connectivity index (χ0) is 25.5. The fraction of sp³-hybridized carbons (Fsp3) is 0.192. The first kappa shape index (κ1) is 28.2. The van der Waals surface area contributed by atoms with E-state index in [1.165, 1.54) is 6.20 Å². The Morgan fingerprint density at radius 1 is 1.06 bits per heavy atom. The summed E-state index contributed by atoms with van der Waals surface area (Å²) in [6, 6.07) is 12.2. The summed E-state index contributed by atoms with van der Waals surface area (Å²) in [5, 5.41) is 9.25. The molecule has 8 heteroatoms. The van der Waals surface area contributed by atoms with Crippen LogP contribution in [0.3, 0.4) is 0 Å². The van der Waals surface area contributed by atoms with E-state index in [-0.39, 0.29) is 6.03 Å². The number of carbonyl (C=O) groups is 1. The second kappa shape index (κ2) is 15.1. The van der Waals surface area contributed by atoms with Crippen molar-refractivity contribution in [3.63, 3.8) is 0 Å². The lowest BCUT2D eigenvalue weighted by Gasteiger charge is -2.11. The number of benzene rings is 2. The Kier molecular flexibility index (Phi) is 12.5. The van der Waals surface area contributed by atoms with Crippen molar-refractivity contribution in [1.29, 1.82) is 0 Å². The average Bonchev–Trinajstić information content (AvgIpc) is 3.32. The van der Waals surface area contributed by atoms with Crippen LogP contribution in [0.1, 0.15) is 39.0 Å². The number of carbonyl (C=O) groups excluding carboxylic acids is 1. The number of halogens is 1. The van der Waals surface area contributed by atoms with Crippen LogP contribution < -0.4 is 16.0 Å². The minimum Gasteiger partial charge on any atom is -0.423 e. The molecule has 0 saturated heterocycles. The van der Waals surface area contributed by atoms with Gasteiger partial charge in [-0.2, -0.15) is 0 Å². The molecule has 180 valence electrons. The number of anilines is 4. The van der Waals surface area contributed by atoms with Gasteiger partial charge in [-0.05, 0) is 55.6 Å². The molecule has 1 heterocycles. The molecular formula is C26H32ClN5O2. The van der Waals surface area contributed by atoms with E-state index in [0.29, 0.717) is 33.7 Å². The summed E-state index contributed by atoms with van der Waals surface area (Å²) in [5.74, 6) is 0.508. The summed E-state index contributed by atoms with van der Waals surface area (Å²) in [7, 11) is 0. The minimum atomic E-state index is -0.372. The van der Waals surface area contributed by atoms with Crippen molar-refractivity contribution in [1.82, 2.24) is 4.98 Å². The van der Waals surface area contributed by atoms with Crippen molar-refractivity contribution in [2.24, 2.45) is 4.99 Å². The number of hydrogen-bond acceptors (Lipinski definition) is 5. The molecule has 0 atom stereocenters. The molecule has 0 spiro atoms. The highest BCUT2D eigenvalue weighted by Crippen LogP contribution is 2.26. The van der Waals surface area contributed by atoms with Gasteiger partial charge in [-0.3, -0.25) is 4.99 Å². The third-order valence-electron chi connectivity index (χ3n) is 4.08. The van der Waals surface area contributed by atoms with Crippen LogP contribution in [0.25, 0.3) is 5.57 Å². The number of oxazole rings is 1. The summed E-state index contributed by atoms with van der Waals surface area (Å²) < 4.78 is 5.70. The molecule has 3 N–H and O–H groups in total. The fourth-order valence-corrected chi connectivity index (χ4v) is 2.68. The smallest absolute Gasteiger partial charge is 0.323 e. The number of aryl methyl sites for hydroxylation is 1. The van der Waals surface area contributed by atoms with Gasteiger partial charge in [0, 0.05) is 33.9 Å². The molecule has 0 aliphatic heterocycles. The molecule has 0 aliphatic carbocycles. The Bertz CT molecular complexity index is 1100. The van der Waals surface area contributed by atoms with E-state index in [4.69, 9.17) is 16.0 Å². The summed E-state index contributed by atoms with van der Waals surface area (Å²) in [6.45, 7) is 17.1. The zero-order valence-corrected chi connectivity index (χ0v) is 21.0. The summed E-state index contributed by atoms with van der Waals surface area (Å²) in [4.78, 5) is 20.2. The van der Waals surface area contributed by atoms with E-state index >= 15 is 0 Å². The molecule has 34 heavy (non-hydrogen) atoms. The van der Waals surface area contributed by atoms with Crippen molar-refractivity contribution < 1.29 is 9.21 Å². The first-order chi connectivity index (χ1) is 16.5. The standard InChI is InChI=1S/C22H20ClN5O2.2C2H6/c1-4-15(12-24-3)20-13-25-22(30-20)28-19-11-18(8-5-14(19)2)27-21(29)26-17-9-6-16(23)7-10-17;2*1-2/h4-13H,1,3H2,2H3,(H,25,28)(H2,26,27,29);2*1-2H3/b15-12+;;. The summed E-state index contributed by atoms with van der Waals surface area (Å²) in [5.41, 5.74) is 3.58. The number of aliphatic imine (C=N–C) groups is 1. The van der Waals surface area contributed by atoms with Crippen LogP contribution in [-0.4, -0.2) is 17.7 Å². The Hall–Kier alpha value is -3.84. The lowest BCUT2D eigenvalue weighted by Crippen LogP contribution is -2.19. The molecule has 0 bridgehead atoms. The highest BCUT2D eigenvalue weighted by atomic mass is 35.5. The minimum absolute atomic E-state index is 0.299. The maximum atomic E-state index is 12.3. The van der Waals surface area contributed by atoms with Crippen LogP contribution >= 0.6 is 11.6 Å². The van der Waals surface area contributed by atoms with Gasteiger partial charge in [0.1, 0.15) is 0 Å². The highest BCUT2D eigenvalue weighted by molar-refractivity contribution is 6.30. The monoisotopic (exact) mass is 481 g/mol. The van der Waals surface area contributed by atoms with Gasteiger partial charge in [0.15, 0.2) is 5.76 Å². The van der Waals surface area contributed by atoms with Crippen LogP contribution in [0.5, 0.6) is 0 Å². The topological polar surface area (TPSA) is 91.5 Å². The summed E-state index contributed by atoms with van der Waals surface area (Å²) in [6.07, 6.45) is 4.71. The number of nitrogens with zero attached hydrogens (tertiary/aromatic N) is 2. The molecule has 1 aromatic heterocycles. The number of hydrogen-bond donors (Lipinski definition) is 3. The van der Waals surface area contributed by atoms with Crippen molar-refractivity contribution in [2.45, 2.75) is 34.6 Å². The van der Waals surface area contributed by atoms with Gasteiger partial charge in [0.25, 0.3) is 6.01 Å². The Morgan fingerprint density at radius 2 is 1.68 bits per heavy atom. The first-order valence-electron chi connectivity index (χ1n) is 10.9. The maximum Gasteiger partial charge on any atom is 0.323 e. The number of rotatable bonds is 7. The molecule has 0 unspecified atom stereocenters. The number of aromatic nitrogens is 1. The van der Waals surface area contributed by atoms with Crippen LogP contribution in [0.15, 0.2) is 76.9 Å². The third kappa shape index (κ3) is 8.60. The molecule has 2 aromatic carbocycles. The Balaban J connectivity index is 0.00000137. The van der Waals surface area contributed by atoms with Gasteiger partial charge < -0.3 is 20.4 Å². The predicted molar refractivity (Wildman–Crippen MR) is 145 cm³/mol. The second-order valence-corrected chi connectivity index (χ2v) is 6.68. The van der Waals surface area contributed by atoms with Gasteiger partial charge in [-0.25, -0.2) is 9.78 Å². The van der Waals surface area contributed by atoms with Crippen LogP contribution in [0, 0.1) is 6.92 Å². The number of nitrogens with one attached hydrogen (secondary N) is 3. The third-order valence-corrected chi connectivity index (χ3v) is 4.33. The first-order valence-corrected chi connectivity index (χ1v) is 11.3. The quantitative estimate of drug-likeness (QED) is 0.233. The van der Waals surface area contributed by atoms with Gasteiger partial charge in [-0.15, -0.1) is 0 Å². The zero-order valence-electron chi connectivity index (χ0n) is 20.3. The molecule has 7 nitrogen and oxygen atoms in total. The van der Waals surface area contributed by atoms with Gasteiger partial charge >= 0.3 is 6.03 Å². The SMILES string of the molecule is C=C/C(=C\N=C)c1cnc(Nc2cc(NC(=O)Nc3ccc(Cl)cc3)ccc2C)o1.CC.CC. The molecule has 2 amide bonds. The predicted octanol–water partition coefficient (Wildman–Crippen LogP) is 8.30. The molecule has 3 aromatic rings. The molecule has 0 saturated carbocycles. The molecule has 0 aliphatic rings. The van der Waals surface area contributed by atoms with Crippen molar-refractivity contribution in [3.8, 4) is 0 Å². The van der Waals surface area contributed by atoms with E-state index in [1.807, 2.05) is 40.7 Å². The van der Waals surface area contributed by atoms with Crippen molar-refractivity contribution >= 4 is 53.0 Å². The van der Waals surface area contributed by atoms with E-state index < -0.39 is 0 Å². The van der Waals surface area contributed by atoms with E-state index in [1.54, 1.807) is 48.7 Å². The number of amides is 2. The largest absolute Gasteiger partial charge is 0.423 e. The number of urea groups is 1. The second-order valence-electron chi connectivity index (χ2n) is 6.24. The van der Waals surface area contributed by atoms with E-state index in [2.05, 4.69) is 39.2 Å².